The molecule has 0 radical (unpaired) electrons. The molecule has 2 heterocycles. The van der Waals surface area contributed by atoms with Crippen molar-refractivity contribution in [3.8, 4) is 15.5 Å². The summed E-state index contributed by atoms with van der Waals surface area (Å²) in [5, 5.41) is 3.05. The molecule has 0 aliphatic carbocycles. The minimum atomic E-state index is -4.53. The highest BCUT2D eigenvalue weighted by Crippen LogP contribution is 2.40. The number of nitrogens with zero attached hydrogens (tertiary/aromatic N) is 1. The third-order valence-corrected chi connectivity index (χ3v) is 6.87. The van der Waals surface area contributed by atoms with Gasteiger partial charge in [-0.3, -0.25) is 14.9 Å². The fourth-order valence-corrected chi connectivity index (χ4v) is 4.89. The number of nitrogens with one attached hydrogen (secondary N) is 1. The van der Waals surface area contributed by atoms with Gasteiger partial charge in [0, 0.05) is 23.4 Å². The van der Waals surface area contributed by atoms with E-state index in [1.165, 1.54) is 41.8 Å². The number of hydrogen-bond acceptors (Lipinski definition) is 6. The second-order valence-electron chi connectivity index (χ2n) is 6.96. The van der Waals surface area contributed by atoms with Gasteiger partial charge in [0.15, 0.2) is 5.13 Å². The van der Waals surface area contributed by atoms with Crippen LogP contribution in [-0.2, 0) is 12.8 Å². The summed E-state index contributed by atoms with van der Waals surface area (Å²) in [6.45, 7) is -0.396. The van der Waals surface area contributed by atoms with Crippen LogP contribution in [0, 0.1) is 0 Å². The van der Waals surface area contributed by atoms with Crippen molar-refractivity contribution >= 4 is 39.6 Å². The smallest absolute Gasteiger partial charge is 0.416 e. The van der Waals surface area contributed by atoms with E-state index in [1.54, 1.807) is 30.3 Å². The van der Waals surface area contributed by atoms with Crippen LogP contribution in [0.25, 0.3) is 9.75 Å². The van der Waals surface area contributed by atoms with Crippen molar-refractivity contribution in [3.05, 3.63) is 88.4 Å². The van der Waals surface area contributed by atoms with Crippen LogP contribution in [0.2, 0.25) is 0 Å². The molecule has 0 aliphatic heterocycles. The van der Waals surface area contributed by atoms with E-state index in [9.17, 15) is 22.8 Å². The molecule has 0 bridgehead atoms. The number of halogens is 3. The first-order valence-electron chi connectivity index (χ1n) is 9.76. The third-order valence-electron chi connectivity index (χ3n) is 4.63. The Hall–Kier alpha value is -3.70. The van der Waals surface area contributed by atoms with Gasteiger partial charge in [0.05, 0.1) is 15.3 Å². The number of amides is 2. The Bertz CT molecular complexity index is 1330. The second kappa shape index (κ2) is 9.65. The number of alkyl halides is 3. The lowest BCUT2D eigenvalue weighted by Gasteiger charge is -2.13. The van der Waals surface area contributed by atoms with Crippen molar-refractivity contribution in [1.29, 1.82) is 0 Å². The van der Waals surface area contributed by atoms with Gasteiger partial charge in [-0.15, -0.1) is 11.3 Å². The molecule has 0 atom stereocenters. The highest BCUT2D eigenvalue weighted by molar-refractivity contribution is 7.24. The summed E-state index contributed by atoms with van der Waals surface area (Å²) in [5.74, 6) is -1.01. The van der Waals surface area contributed by atoms with Crippen LogP contribution in [-0.4, -0.2) is 16.8 Å². The molecule has 6 nitrogen and oxygen atoms in total. The van der Waals surface area contributed by atoms with E-state index in [4.69, 9.17) is 10.5 Å². The summed E-state index contributed by atoms with van der Waals surface area (Å²) in [7, 11) is 0. The summed E-state index contributed by atoms with van der Waals surface area (Å²) in [6.07, 6.45) is -3.01. The molecule has 0 unspecified atom stereocenters. The Labute approximate surface area is 199 Å². The van der Waals surface area contributed by atoms with Crippen molar-refractivity contribution in [1.82, 2.24) is 4.98 Å². The number of carbonyl (C=O) groups is 2. The van der Waals surface area contributed by atoms with Crippen LogP contribution in [0.3, 0.4) is 0 Å². The van der Waals surface area contributed by atoms with E-state index < -0.39 is 24.3 Å². The molecule has 34 heavy (non-hydrogen) atoms. The van der Waals surface area contributed by atoms with Gasteiger partial charge in [-0.1, -0.05) is 47.7 Å². The number of anilines is 1. The van der Waals surface area contributed by atoms with Gasteiger partial charge in [-0.2, -0.15) is 13.2 Å². The maximum atomic E-state index is 13.2. The predicted molar refractivity (Wildman–Crippen MR) is 124 cm³/mol. The predicted octanol–water partition coefficient (Wildman–Crippen LogP) is 5.82. The number of hydrogen-bond donors (Lipinski definition) is 2. The van der Waals surface area contributed by atoms with Gasteiger partial charge in [-0.05, 0) is 18.2 Å². The van der Waals surface area contributed by atoms with E-state index in [2.05, 4.69) is 10.3 Å². The van der Waals surface area contributed by atoms with E-state index >= 15 is 0 Å². The molecule has 0 fully saturated rings. The Morgan fingerprint density at radius 1 is 1.00 bits per heavy atom. The topological polar surface area (TPSA) is 94.3 Å². The molecule has 4 aromatic rings. The van der Waals surface area contributed by atoms with Gasteiger partial charge in [0.25, 0.3) is 11.8 Å². The third kappa shape index (κ3) is 5.26. The van der Waals surface area contributed by atoms with Crippen LogP contribution >= 0.6 is 22.7 Å². The first-order valence-corrected chi connectivity index (χ1v) is 11.4. The molecular weight excluding hydrogens is 487 g/mol. The van der Waals surface area contributed by atoms with Crippen LogP contribution in [0.4, 0.5) is 18.3 Å². The van der Waals surface area contributed by atoms with Crippen LogP contribution in [0.5, 0.6) is 5.75 Å². The van der Waals surface area contributed by atoms with Crippen LogP contribution in [0.15, 0.2) is 66.9 Å². The van der Waals surface area contributed by atoms with E-state index in [0.29, 0.717) is 20.4 Å². The van der Waals surface area contributed by atoms with Gasteiger partial charge in [0.1, 0.15) is 17.2 Å². The van der Waals surface area contributed by atoms with Crippen molar-refractivity contribution in [2.45, 2.75) is 12.8 Å². The summed E-state index contributed by atoms with van der Waals surface area (Å²) in [6, 6.07) is 15.2. The lowest BCUT2D eigenvalue weighted by atomic mass is 10.1. The maximum absolute atomic E-state index is 13.2. The minimum absolute atomic E-state index is 0.0677. The van der Waals surface area contributed by atoms with Crippen molar-refractivity contribution < 1.29 is 27.5 Å². The number of nitrogens with two attached hydrogens (primary N) is 1. The minimum Gasteiger partial charge on any atom is -0.487 e. The standard InChI is InChI=1S/C23H16F3N3O3S2/c24-23(25,26)15-9-5-4-8-14(15)12-32-16-10-17(33-19(16)20(27)30)18-11-28-22(34-18)29-21(31)13-6-2-1-3-7-13/h1-11H,12H2,(H2,27,30)(H,28,29,31). The molecule has 2 amide bonds. The summed E-state index contributed by atoms with van der Waals surface area (Å²) in [4.78, 5) is 29.7. The SMILES string of the molecule is NC(=O)c1sc(-c2cnc(NC(=O)c3ccccc3)s2)cc1OCc1ccccc1C(F)(F)F. The van der Waals surface area contributed by atoms with Gasteiger partial charge < -0.3 is 10.5 Å². The molecule has 4 rings (SSSR count). The molecule has 11 heteroatoms. The van der Waals surface area contributed by atoms with Crippen LogP contribution < -0.4 is 15.8 Å². The van der Waals surface area contributed by atoms with E-state index in [0.717, 1.165) is 17.4 Å². The zero-order valence-electron chi connectivity index (χ0n) is 17.3. The molecular formula is C23H16F3N3O3S2. The lowest BCUT2D eigenvalue weighted by Crippen LogP contribution is -2.13. The molecule has 0 saturated heterocycles. The molecule has 0 spiro atoms. The number of aromatic nitrogens is 1. The number of thiazole rings is 1. The summed E-state index contributed by atoms with van der Waals surface area (Å²) >= 11 is 2.20. The highest BCUT2D eigenvalue weighted by atomic mass is 32.1. The number of benzene rings is 2. The molecule has 2 aromatic carbocycles. The molecule has 3 N–H and O–H groups in total. The number of rotatable bonds is 7. The fraction of sp³-hybridized carbons (Fsp3) is 0.0870. The van der Waals surface area contributed by atoms with Crippen molar-refractivity contribution in [2.24, 2.45) is 5.73 Å². The molecule has 0 aliphatic rings. The normalized spacial score (nSPS) is 11.3. The summed E-state index contributed by atoms with van der Waals surface area (Å²) < 4.78 is 45.3. The van der Waals surface area contributed by atoms with E-state index in [-0.39, 0.29) is 22.1 Å². The van der Waals surface area contributed by atoms with Crippen molar-refractivity contribution in [2.75, 3.05) is 5.32 Å². The zero-order valence-corrected chi connectivity index (χ0v) is 18.9. The first kappa shape index (κ1) is 23.5. The first-order chi connectivity index (χ1) is 16.2. The second-order valence-corrected chi connectivity index (χ2v) is 9.04. The lowest BCUT2D eigenvalue weighted by molar-refractivity contribution is -0.138. The Kier molecular flexibility index (Phi) is 6.66. The maximum Gasteiger partial charge on any atom is 0.416 e. The molecule has 174 valence electrons. The fourth-order valence-electron chi connectivity index (χ4n) is 3.06. The monoisotopic (exact) mass is 503 g/mol. The quantitative estimate of drug-likeness (QED) is 0.332. The zero-order chi connectivity index (χ0) is 24.3. The average Bonchev–Trinajstić information content (AvgIpc) is 3.45. The molecule has 0 saturated carbocycles. The Morgan fingerprint density at radius 3 is 2.41 bits per heavy atom. The van der Waals surface area contributed by atoms with Crippen LogP contribution in [0.1, 0.15) is 31.2 Å². The highest BCUT2D eigenvalue weighted by Gasteiger charge is 2.33. The number of carbonyl (C=O) groups excluding carboxylic acids is 2. The van der Waals surface area contributed by atoms with E-state index in [1.807, 2.05) is 0 Å². The molecule has 2 aromatic heterocycles. The largest absolute Gasteiger partial charge is 0.487 e. The van der Waals surface area contributed by atoms with Crippen molar-refractivity contribution in [3.63, 3.8) is 0 Å². The van der Waals surface area contributed by atoms with Gasteiger partial charge in [-0.25, -0.2) is 4.98 Å². The Balaban J connectivity index is 1.53. The number of primary amides is 1. The van der Waals surface area contributed by atoms with Gasteiger partial charge in [0.2, 0.25) is 0 Å². The average molecular weight is 504 g/mol. The Morgan fingerprint density at radius 2 is 1.71 bits per heavy atom. The number of ether oxygens (including phenoxy) is 1. The van der Waals surface area contributed by atoms with Gasteiger partial charge >= 0.3 is 6.18 Å². The number of thiophene rings is 1. The summed E-state index contributed by atoms with van der Waals surface area (Å²) in [5.41, 5.74) is 5.04.